The van der Waals surface area contributed by atoms with Gasteiger partial charge in [0, 0.05) is 5.39 Å². The van der Waals surface area contributed by atoms with Gasteiger partial charge < -0.3 is 9.15 Å². The Kier molecular flexibility index (Phi) is 5.97. The summed E-state index contributed by atoms with van der Waals surface area (Å²) < 4.78 is 51.8. The molecule has 1 aromatic heterocycles. The topological polar surface area (TPSA) is 103 Å². The quantitative estimate of drug-likeness (QED) is 0.312. The molecule has 0 amide bonds. The van der Waals surface area contributed by atoms with Crippen molar-refractivity contribution in [1.29, 1.82) is 0 Å². The summed E-state index contributed by atoms with van der Waals surface area (Å²) in [6.07, 6.45) is 0. The Labute approximate surface area is 188 Å². The Morgan fingerprint density at radius 3 is 2.48 bits per heavy atom. The maximum atomic E-state index is 13.5. The van der Waals surface area contributed by atoms with Gasteiger partial charge in [0.2, 0.25) is 5.78 Å². The van der Waals surface area contributed by atoms with E-state index in [0.29, 0.717) is 5.58 Å². The first-order valence-corrected chi connectivity index (χ1v) is 11.3. The van der Waals surface area contributed by atoms with Gasteiger partial charge in [-0.15, -0.1) is 0 Å². The number of sulfonamides is 1. The van der Waals surface area contributed by atoms with E-state index >= 15 is 0 Å². The minimum Gasteiger partial charge on any atom is -0.453 e. The highest BCUT2D eigenvalue weighted by Gasteiger charge is 2.21. The predicted octanol–water partition coefficient (Wildman–Crippen LogP) is 4.72. The first-order valence-electron chi connectivity index (χ1n) is 9.81. The van der Waals surface area contributed by atoms with Crippen molar-refractivity contribution < 1.29 is 31.6 Å². The second kappa shape index (κ2) is 8.87. The molecule has 0 aliphatic heterocycles. The minimum absolute atomic E-state index is 0.0411. The number of anilines is 1. The van der Waals surface area contributed by atoms with Crippen molar-refractivity contribution in [1.82, 2.24) is 0 Å². The molecular formula is C24H18FNO6S. The summed E-state index contributed by atoms with van der Waals surface area (Å²) in [4.78, 5) is 24.8. The van der Waals surface area contributed by atoms with Gasteiger partial charge >= 0.3 is 5.97 Å². The third-order valence-electron chi connectivity index (χ3n) is 4.87. The fraction of sp³-hybridized carbons (Fsp3) is 0.0833. The molecule has 4 rings (SSSR count). The van der Waals surface area contributed by atoms with Crippen LogP contribution in [0.2, 0.25) is 0 Å². The summed E-state index contributed by atoms with van der Waals surface area (Å²) in [6.45, 7) is 0.857. The predicted molar refractivity (Wildman–Crippen MR) is 119 cm³/mol. The lowest BCUT2D eigenvalue weighted by Gasteiger charge is -2.12. The molecule has 0 aliphatic carbocycles. The number of nitrogens with one attached hydrogen (secondary N) is 1. The number of fused-ring (bicyclic) bond motifs is 1. The molecular weight excluding hydrogens is 449 g/mol. The monoisotopic (exact) mass is 467 g/mol. The third-order valence-corrected chi connectivity index (χ3v) is 6.23. The van der Waals surface area contributed by atoms with Crippen molar-refractivity contribution in [3.05, 3.63) is 95.5 Å². The molecule has 0 saturated heterocycles. The van der Waals surface area contributed by atoms with E-state index in [1.807, 2.05) is 0 Å². The Morgan fingerprint density at radius 1 is 1.00 bits per heavy atom. The Hall–Kier alpha value is -3.98. The summed E-state index contributed by atoms with van der Waals surface area (Å²) in [5.41, 5.74) is 0.565. The van der Waals surface area contributed by atoms with Crippen molar-refractivity contribution in [2.45, 2.75) is 11.8 Å². The molecule has 1 N–H and O–H groups in total. The smallest absolute Gasteiger partial charge is 0.340 e. The molecule has 0 fully saturated rings. The van der Waals surface area contributed by atoms with E-state index < -0.39 is 34.2 Å². The van der Waals surface area contributed by atoms with Gasteiger partial charge in [-0.1, -0.05) is 30.3 Å². The van der Waals surface area contributed by atoms with Crippen LogP contribution < -0.4 is 4.72 Å². The van der Waals surface area contributed by atoms with Crippen LogP contribution in [0.3, 0.4) is 0 Å². The third kappa shape index (κ3) is 4.78. The van der Waals surface area contributed by atoms with Gasteiger partial charge in [-0.25, -0.2) is 17.6 Å². The Balaban J connectivity index is 1.49. The summed E-state index contributed by atoms with van der Waals surface area (Å²) in [5.74, 6) is -1.93. The van der Waals surface area contributed by atoms with Gasteiger partial charge in [0.05, 0.1) is 16.1 Å². The standard InChI is InChI=1S/C24H18FNO6S/c1-15-12-17(10-11-19(15)25)33(29,30)26-20-8-4-3-7-18(20)24(28)31-14-21(27)23-13-16-6-2-5-9-22(16)32-23/h2-13,26H,14H2,1H3. The van der Waals surface area contributed by atoms with Gasteiger partial charge in [0.1, 0.15) is 11.4 Å². The van der Waals surface area contributed by atoms with Crippen LogP contribution in [0, 0.1) is 12.7 Å². The lowest BCUT2D eigenvalue weighted by atomic mass is 10.2. The van der Waals surface area contributed by atoms with Crippen molar-refractivity contribution in [2.75, 3.05) is 11.3 Å². The molecule has 0 spiro atoms. The lowest BCUT2D eigenvalue weighted by Crippen LogP contribution is -2.18. The van der Waals surface area contributed by atoms with Crippen LogP contribution >= 0.6 is 0 Å². The van der Waals surface area contributed by atoms with Crippen LogP contribution in [0.25, 0.3) is 11.0 Å². The Bertz CT molecular complexity index is 1440. The number of furan rings is 1. The normalized spacial score (nSPS) is 11.3. The highest BCUT2D eigenvalue weighted by molar-refractivity contribution is 7.92. The number of para-hydroxylation sites is 2. The van der Waals surface area contributed by atoms with E-state index in [4.69, 9.17) is 9.15 Å². The van der Waals surface area contributed by atoms with Crippen LogP contribution in [-0.4, -0.2) is 26.8 Å². The number of ketones is 1. The SMILES string of the molecule is Cc1cc(S(=O)(=O)Nc2ccccc2C(=O)OCC(=O)c2cc3ccccc3o2)ccc1F. The summed E-state index contributed by atoms with van der Waals surface area (Å²) in [6, 6.07) is 17.8. The van der Waals surface area contributed by atoms with Crippen LogP contribution in [0.15, 0.2) is 82.1 Å². The molecule has 7 nitrogen and oxygen atoms in total. The molecule has 4 aromatic rings. The molecule has 168 valence electrons. The largest absolute Gasteiger partial charge is 0.453 e. The van der Waals surface area contributed by atoms with Crippen molar-refractivity contribution >= 4 is 38.4 Å². The summed E-state index contributed by atoms with van der Waals surface area (Å²) in [7, 11) is -4.10. The van der Waals surface area contributed by atoms with E-state index in [0.717, 1.165) is 17.5 Å². The van der Waals surface area contributed by atoms with Crippen LogP contribution in [0.5, 0.6) is 0 Å². The van der Waals surface area contributed by atoms with Gasteiger partial charge in [-0.3, -0.25) is 9.52 Å². The van der Waals surface area contributed by atoms with E-state index in [2.05, 4.69) is 4.72 Å². The number of halogens is 1. The van der Waals surface area contributed by atoms with Crippen LogP contribution in [0.4, 0.5) is 10.1 Å². The lowest BCUT2D eigenvalue weighted by molar-refractivity contribution is 0.0469. The molecule has 33 heavy (non-hydrogen) atoms. The molecule has 1 heterocycles. The van der Waals surface area contributed by atoms with Gasteiger partial charge in [-0.2, -0.15) is 0 Å². The average Bonchev–Trinajstić information content (AvgIpc) is 3.23. The second-order valence-electron chi connectivity index (χ2n) is 7.21. The number of Topliss-reactive ketones (excluding diaryl/α,β-unsaturated/α-hetero) is 1. The number of hydrogen-bond donors (Lipinski definition) is 1. The van der Waals surface area contributed by atoms with Crippen molar-refractivity contribution in [3.8, 4) is 0 Å². The zero-order valence-corrected chi connectivity index (χ0v) is 18.2. The van der Waals surface area contributed by atoms with Crippen molar-refractivity contribution in [2.24, 2.45) is 0 Å². The number of esters is 1. The first kappa shape index (κ1) is 22.2. The number of aryl methyl sites for hydroxylation is 1. The van der Waals surface area contributed by atoms with E-state index in [1.54, 1.807) is 30.3 Å². The zero-order valence-electron chi connectivity index (χ0n) is 17.4. The van der Waals surface area contributed by atoms with Gasteiger partial charge in [-0.05, 0) is 55.0 Å². The number of ether oxygens (including phenoxy) is 1. The van der Waals surface area contributed by atoms with E-state index in [1.165, 1.54) is 37.3 Å². The highest BCUT2D eigenvalue weighted by atomic mass is 32.2. The van der Waals surface area contributed by atoms with Gasteiger partial charge in [0.25, 0.3) is 10.0 Å². The Morgan fingerprint density at radius 2 is 1.73 bits per heavy atom. The maximum absolute atomic E-state index is 13.5. The fourth-order valence-electron chi connectivity index (χ4n) is 3.14. The molecule has 0 aliphatic rings. The highest BCUT2D eigenvalue weighted by Crippen LogP contribution is 2.23. The molecule has 0 unspecified atom stereocenters. The molecule has 0 radical (unpaired) electrons. The summed E-state index contributed by atoms with van der Waals surface area (Å²) >= 11 is 0. The molecule has 0 bridgehead atoms. The summed E-state index contributed by atoms with van der Waals surface area (Å²) in [5, 5.41) is 0.739. The average molecular weight is 467 g/mol. The fourth-order valence-corrected chi connectivity index (χ4v) is 4.30. The number of rotatable bonds is 7. The van der Waals surface area contributed by atoms with E-state index in [-0.39, 0.29) is 27.5 Å². The van der Waals surface area contributed by atoms with Crippen LogP contribution in [-0.2, 0) is 14.8 Å². The van der Waals surface area contributed by atoms with Crippen LogP contribution in [0.1, 0.15) is 26.5 Å². The number of carbonyl (C=O) groups is 2. The zero-order chi connectivity index (χ0) is 23.6. The molecule has 0 saturated carbocycles. The number of benzene rings is 3. The number of carbonyl (C=O) groups excluding carboxylic acids is 2. The molecule has 3 aromatic carbocycles. The molecule has 9 heteroatoms. The number of hydrogen-bond acceptors (Lipinski definition) is 6. The maximum Gasteiger partial charge on any atom is 0.340 e. The van der Waals surface area contributed by atoms with Gasteiger partial charge in [0.15, 0.2) is 12.4 Å². The minimum atomic E-state index is -4.10. The second-order valence-corrected chi connectivity index (χ2v) is 8.89. The van der Waals surface area contributed by atoms with Crippen molar-refractivity contribution in [3.63, 3.8) is 0 Å². The van der Waals surface area contributed by atoms with E-state index in [9.17, 15) is 22.4 Å². The molecule has 0 atom stereocenters. The first-order chi connectivity index (χ1) is 15.7.